The van der Waals surface area contributed by atoms with E-state index in [-0.39, 0.29) is 12.5 Å². The number of rotatable bonds is 6. The van der Waals surface area contributed by atoms with Gasteiger partial charge in [0.1, 0.15) is 5.75 Å². The number of nitrogens with one attached hydrogen (secondary N) is 3. The number of ether oxygens (including phenoxy) is 2. The van der Waals surface area contributed by atoms with Gasteiger partial charge in [0.2, 0.25) is 5.91 Å². The number of hydrogen-bond donors (Lipinski definition) is 3. The molecule has 4 amide bonds. The molecule has 1 fully saturated rings. The number of urea groups is 1. The van der Waals surface area contributed by atoms with Gasteiger partial charge in [-0.1, -0.05) is 0 Å². The Kier molecular flexibility index (Phi) is 7.22. The first kappa shape index (κ1) is 19.5. The van der Waals surface area contributed by atoms with Crippen LogP contribution in [-0.4, -0.2) is 69.2 Å². The zero-order valence-corrected chi connectivity index (χ0v) is 15.0. The Morgan fingerprint density at radius 3 is 2.62 bits per heavy atom. The molecule has 0 unspecified atom stereocenters. The van der Waals surface area contributed by atoms with Gasteiger partial charge in [-0.3, -0.25) is 14.9 Å². The van der Waals surface area contributed by atoms with E-state index in [0.29, 0.717) is 49.8 Å². The number of carbonyl (C=O) groups excluding carboxylic acids is 3. The number of morpholine rings is 1. The lowest BCUT2D eigenvalue weighted by Crippen LogP contribution is -2.42. The average Bonchev–Trinajstić information content (AvgIpc) is 2.66. The lowest BCUT2D eigenvalue weighted by molar-refractivity contribution is -0.118. The van der Waals surface area contributed by atoms with Gasteiger partial charge in [-0.25, -0.2) is 4.79 Å². The molecule has 0 aliphatic carbocycles. The number of hydrogen-bond acceptors (Lipinski definition) is 6. The summed E-state index contributed by atoms with van der Waals surface area (Å²) in [6.07, 6.45) is 0. The highest BCUT2D eigenvalue weighted by molar-refractivity contribution is 5.97. The predicted molar refractivity (Wildman–Crippen MR) is 95.4 cm³/mol. The van der Waals surface area contributed by atoms with Gasteiger partial charge in [-0.15, -0.1) is 0 Å². The molecule has 2 rings (SSSR count). The number of imide groups is 1. The first-order chi connectivity index (χ1) is 12.5. The van der Waals surface area contributed by atoms with Gasteiger partial charge in [0.15, 0.2) is 0 Å². The predicted octanol–water partition coefficient (Wildman–Crippen LogP) is 0.425. The van der Waals surface area contributed by atoms with E-state index in [1.165, 1.54) is 7.11 Å². The SMILES string of the molecule is CCNC(=O)NC(=O)CNc1cc(C(=O)N2CCOCC2)ccc1OC. The minimum atomic E-state index is -0.553. The van der Waals surface area contributed by atoms with Crippen LogP contribution in [0.5, 0.6) is 5.75 Å². The Labute approximate surface area is 152 Å². The zero-order chi connectivity index (χ0) is 18.9. The van der Waals surface area contributed by atoms with Crippen LogP contribution in [-0.2, 0) is 9.53 Å². The second kappa shape index (κ2) is 9.62. The summed E-state index contributed by atoms with van der Waals surface area (Å²) < 4.78 is 10.5. The van der Waals surface area contributed by atoms with E-state index in [2.05, 4.69) is 16.0 Å². The second-order valence-electron chi connectivity index (χ2n) is 5.58. The zero-order valence-electron chi connectivity index (χ0n) is 15.0. The lowest BCUT2D eigenvalue weighted by Gasteiger charge is -2.27. The summed E-state index contributed by atoms with van der Waals surface area (Å²) in [5, 5.41) is 7.57. The van der Waals surface area contributed by atoms with Crippen molar-refractivity contribution in [1.82, 2.24) is 15.5 Å². The van der Waals surface area contributed by atoms with Crippen molar-refractivity contribution in [2.45, 2.75) is 6.92 Å². The molecule has 1 aliphatic heterocycles. The number of benzene rings is 1. The van der Waals surface area contributed by atoms with Crippen molar-refractivity contribution in [2.75, 3.05) is 51.8 Å². The highest BCUT2D eigenvalue weighted by atomic mass is 16.5. The number of amides is 4. The van der Waals surface area contributed by atoms with Crippen LogP contribution in [0.2, 0.25) is 0 Å². The molecule has 1 heterocycles. The third-order valence-electron chi connectivity index (χ3n) is 3.77. The second-order valence-corrected chi connectivity index (χ2v) is 5.58. The van der Waals surface area contributed by atoms with Crippen molar-refractivity contribution in [2.24, 2.45) is 0 Å². The monoisotopic (exact) mass is 364 g/mol. The molecule has 1 aromatic carbocycles. The van der Waals surface area contributed by atoms with Gasteiger partial charge in [-0.05, 0) is 25.1 Å². The van der Waals surface area contributed by atoms with Crippen LogP contribution in [0.4, 0.5) is 10.5 Å². The molecule has 1 saturated heterocycles. The van der Waals surface area contributed by atoms with Crippen molar-refractivity contribution < 1.29 is 23.9 Å². The maximum atomic E-state index is 12.6. The summed E-state index contributed by atoms with van der Waals surface area (Å²) in [7, 11) is 1.50. The molecule has 1 aromatic rings. The van der Waals surface area contributed by atoms with E-state index >= 15 is 0 Å². The maximum Gasteiger partial charge on any atom is 0.321 e. The lowest BCUT2D eigenvalue weighted by atomic mass is 10.1. The van der Waals surface area contributed by atoms with Crippen molar-refractivity contribution >= 4 is 23.5 Å². The molecule has 0 radical (unpaired) electrons. The molecule has 0 saturated carbocycles. The number of carbonyl (C=O) groups is 3. The van der Waals surface area contributed by atoms with Crippen LogP contribution >= 0.6 is 0 Å². The molecule has 142 valence electrons. The smallest absolute Gasteiger partial charge is 0.321 e. The summed E-state index contributed by atoms with van der Waals surface area (Å²) in [6, 6.07) is 4.42. The summed E-state index contributed by atoms with van der Waals surface area (Å²) in [4.78, 5) is 37.4. The van der Waals surface area contributed by atoms with E-state index < -0.39 is 11.9 Å². The molecular weight excluding hydrogens is 340 g/mol. The maximum absolute atomic E-state index is 12.6. The fraction of sp³-hybridized carbons (Fsp3) is 0.471. The molecule has 0 bridgehead atoms. The molecule has 0 aromatic heterocycles. The number of nitrogens with zero attached hydrogens (tertiary/aromatic N) is 1. The van der Waals surface area contributed by atoms with Crippen LogP contribution in [0.15, 0.2) is 18.2 Å². The average molecular weight is 364 g/mol. The highest BCUT2D eigenvalue weighted by Gasteiger charge is 2.20. The van der Waals surface area contributed by atoms with Crippen molar-refractivity contribution in [3.05, 3.63) is 23.8 Å². The molecule has 3 N–H and O–H groups in total. The summed E-state index contributed by atoms with van der Waals surface area (Å²) in [5.41, 5.74) is 0.983. The van der Waals surface area contributed by atoms with Crippen molar-refractivity contribution in [1.29, 1.82) is 0 Å². The van der Waals surface area contributed by atoms with Gasteiger partial charge >= 0.3 is 6.03 Å². The Hall–Kier alpha value is -2.81. The Morgan fingerprint density at radius 2 is 1.96 bits per heavy atom. The van der Waals surface area contributed by atoms with Crippen molar-refractivity contribution in [3.8, 4) is 5.75 Å². The van der Waals surface area contributed by atoms with E-state index in [1.807, 2.05) is 0 Å². The summed E-state index contributed by atoms with van der Waals surface area (Å²) in [5.74, 6) is -0.108. The molecule has 0 atom stereocenters. The minimum absolute atomic E-state index is 0.106. The molecule has 1 aliphatic rings. The Bertz CT molecular complexity index is 659. The van der Waals surface area contributed by atoms with Gasteiger partial charge in [-0.2, -0.15) is 0 Å². The van der Waals surface area contributed by atoms with Gasteiger partial charge in [0.05, 0.1) is 32.6 Å². The van der Waals surface area contributed by atoms with Crippen LogP contribution in [0.3, 0.4) is 0 Å². The van der Waals surface area contributed by atoms with Crippen LogP contribution in [0.1, 0.15) is 17.3 Å². The van der Waals surface area contributed by atoms with Gasteiger partial charge in [0.25, 0.3) is 5.91 Å². The first-order valence-corrected chi connectivity index (χ1v) is 8.41. The van der Waals surface area contributed by atoms with Gasteiger partial charge in [0, 0.05) is 25.2 Å². The van der Waals surface area contributed by atoms with E-state index in [1.54, 1.807) is 30.0 Å². The van der Waals surface area contributed by atoms with Crippen LogP contribution in [0, 0.1) is 0 Å². The first-order valence-electron chi connectivity index (χ1n) is 8.41. The minimum Gasteiger partial charge on any atom is -0.495 e. The largest absolute Gasteiger partial charge is 0.495 e. The molecule has 9 heteroatoms. The van der Waals surface area contributed by atoms with E-state index in [4.69, 9.17) is 9.47 Å². The molecule has 0 spiro atoms. The third kappa shape index (κ3) is 5.35. The molecule has 26 heavy (non-hydrogen) atoms. The summed E-state index contributed by atoms with van der Waals surface area (Å²) >= 11 is 0. The standard InChI is InChI=1S/C17H24N4O5/c1-3-18-17(24)20-15(22)11-19-13-10-12(4-5-14(13)25-2)16(23)21-6-8-26-9-7-21/h4-5,10,19H,3,6-9,11H2,1-2H3,(H2,18,20,22,24). The van der Waals surface area contributed by atoms with Gasteiger partial charge < -0.3 is 25.0 Å². The molecule has 9 nitrogen and oxygen atoms in total. The van der Waals surface area contributed by atoms with Crippen LogP contribution < -0.4 is 20.7 Å². The fourth-order valence-electron chi connectivity index (χ4n) is 2.48. The molecular formula is C17H24N4O5. The number of anilines is 1. The quantitative estimate of drug-likeness (QED) is 0.675. The topological polar surface area (TPSA) is 109 Å². The third-order valence-corrected chi connectivity index (χ3v) is 3.77. The highest BCUT2D eigenvalue weighted by Crippen LogP contribution is 2.26. The Balaban J connectivity index is 2.03. The Morgan fingerprint density at radius 1 is 1.23 bits per heavy atom. The fourth-order valence-corrected chi connectivity index (χ4v) is 2.48. The number of methoxy groups -OCH3 is 1. The van der Waals surface area contributed by atoms with E-state index in [9.17, 15) is 14.4 Å². The van der Waals surface area contributed by atoms with Crippen LogP contribution in [0.25, 0.3) is 0 Å². The normalized spacial score (nSPS) is 13.7. The van der Waals surface area contributed by atoms with E-state index in [0.717, 1.165) is 0 Å². The van der Waals surface area contributed by atoms with Crippen molar-refractivity contribution in [3.63, 3.8) is 0 Å². The summed E-state index contributed by atoms with van der Waals surface area (Å²) in [6.45, 7) is 4.17.